The minimum Gasteiger partial charge on any atom is -0.361 e. The van der Waals surface area contributed by atoms with Crippen LogP contribution in [0.1, 0.15) is 0 Å². The van der Waals surface area contributed by atoms with Crippen LogP contribution in [-0.4, -0.2) is 35.7 Å². The van der Waals surface area contributed by atoms with Gasteiger partial charge in [-0.05, 0) is 0 Å². The van der Waals surface area contributed by atoms with E-state index in [4.69, 9.17) is 0 Å². The van der Waals surface area contributed by atoms with Gasteiger partial charge in [-0.2, -0.15) is 22.0 Å². The smallest absolute Gasteiger partial charge is 0.361 e. The first-order chi connectivity index (χ1) is 5.75. The summed E-state index contributed by atoms with van der Waals surface area (Å²) in [5.74, 6) is 0. The molecule has 0 fully saturated rings. The standard InChI is InChI=1S/C6H7F5N2/c1-12-2-3-13(4-12)6(10,11)5(7,8)9/h2-3H,4H2,1H3. The molecule has 1 rings (SSSR count). The maximum absolute atomic E-state index is 12.5. The van der Waals surface area contributed by atoms with Crippen molar-refractivity contribution in [1.29, 1.82) is 0 Å². The molecule has 0 radical (unpaired) electrons. The van der Waals surface area contributed by atoms with Crippen LogP contribution in [0, 0.1) is 0 Å². The predicted octanol–water partition coefficient (Wildman–Crippen LogP) is 1.82. The molecular formula is C6H7F5N2. The molecule has 0 N–H and O–H groups in total. The largest absolute Gasteiger partial charge is 0.475 e. The van der Waals surface area contributed by atoms with Crippen LogP contribution in [0.3, 0.4) is 0 Å². The van der Waals surface area contributed by atoms with Crippen LogP contribution < -0.4 is 0 Å². The van der Waals surface area contributed by atoms with Crippen molar-refractivity contribution in [3.63, 3.8) is 0 Å². The first kappa shape index (κ1) is 10.1. The van der Waals surface area contributed by atoms with Crippen molar-refractivity contribution in [3.8, 4) is 0 Å². The summed E-state index contributed by atoms with van der Waals surface area (Å²) < 4.78 is 60.4. The van der Waals surface area contributed by atoms with E-state index in [2.05, 4.69) is 0 Å². The molecule has 0 saturated carbocycles. The van der Waals surface area contributed by atoms with Gasteiger partial charge in [-0.15, -0.1) is 0 Å². The molecule has 1 aliphatic rings. The van der Waals surface area contributed by atoms with E-state index in [0.717, 1.165) is 6.20 Å². The summed E-state index contributed by atoms with van der Waals surface area (Å²) in [6, 6.07) is -4.80. The summed E-state index contributed by atoms with van der Waals surface area (Å²) in [6.45, 7) is -0.466. The average molecular weight is 202 g/mol. The second-order valence-corrected chi connectivity index (χ2v) is 2.71. The Hall–Kier alpha value is -1.01. The van der Waals surface area contributed by atoms with Gasteiger partial charge < -0.3 is 4.90 Å². The first-order valence-electron chi connectivity index (χ1n) is 3.35. The van der Waals surface area contributed by atoms with Gasteiger partial charge in [-0.3, -0.25) is 4.90 Å². The summed E-state index contributed by atoms with van der Waals surface area (Å²) in [7, 11) is 1.41. The molecule has 1 aliphatic heterocycles. The zero-order valence-electron chi connectivity index (χ0n) is 6.65. The number of hydrogen-bond donors (Lipinski definition) is 0. The molecule has 0 aromatic rings. The summed E-state index contributed by atoms with van der Waals surface area (Å²) in [5.41, 5.74) is 0. The third kappa shape index (κ3) is 1.68. The van der Waals surface area contributed by atoms with E-state index in [1.165, 1.54) is 11.9 Å². The van der Waals surface area contributed by atoms with Crippen molar-refractivity contribution in [2.75, 3.05) is 13.7 Å². The molecule has 7 heteroatoms. The molecule has 0 aromatic carbocycles. The minimum absolute atomic E-state index is 0.0625. The molecule has 0 aliphatic carbocycles. The zero-order valence-corrected chi connectivity index (χ0v) is 6.65. The van der Waals surface area contributed by atoms with Gasteiger partial charge in [0.2, 0.25) is 0 Å². The van der Waals surface area contributed by atoms with E-state index in [0.29, 0.717) is 6.20 Å². The van der Waals surface area contributed by atoms with Crippen LogP contribution in [0.5, 0.6) is 0 Å². The third-order valence-corrected chi connectivity index (χ3v) is 1.58. The van der Waals surface area contributed by atoms with Gasteiger partial charge in [-0.25, -0.2) is 0 Å². The normalized spacial score (nSPS) is 18.6. The van der Waals surface area contributed by atoms with Gasteiger partial charge in [0.1, 0.15) is 0 Å². The van der Waals surface area contributed by atoms with Crippen LogP contribution >= 0.6 is 0 Å². The van der Waals surface area contributed by atoms with Gasteiger partial charge in [0.25, 0.3) is 0 Å². The zero-order chi connectivity index (χ0) is 10.3. The lowest BCUT2D eigenvalue weighted by Gasteiger charge is -2.29. The lowest BCUT2D eigenvalue weighted by Crippen LogP contribution is -2.50. The third-order valence-electron chi connectivity index (χ3n) is 1.58. The summed E-state index contributed by atoms with van der Waals surface area (Å²) in [4.78, 5) is 1.16. The highest BCUT2D eigenvalue weighted by Crippen LogP contribution is 2.39. The molecule has 0 aromatic heterocycles. The molecule has 0 bridgehead atoms. The van der Waals surface area contributed by atoms with Crippen LogP contribution in [-0.2, 0) is 0 Å². The maximum atomic E-state index is 12.5. The topological polar surface area (TPSA) is 6.48 Å². The molecule has 76 valence electrons. The summed E-state index contributed by atoms with van der Waals surface area (Å²) in [6.07, 6.45) is -3.67. The first-order valence-corrected chi connectivity index (χ1v) is 3.35. The molecule has 0 amide bonds. The van der Waals surface area contributed by atoms with Crippen LogP contribution in [0.15, 0.2) is 12.4 Å². The van der Waals surface area contributed by atoms with Crippen LogP contribution in [0.2, 0.25) is 0 Å². The fourth-order valence-corrected chi connectivity index (χ4v) is 0.874. The van der Waals surface area contributed by atoms with Crippen LogP contribution in [0.25, 0.3) is 0 Å². The Labute approximate surface area is 71.2 Å². The van der Waals surface area contributed by atoms with Crippen molar-refractivity contribution in [1.82, 2.24) is 9.80 Å². The van der Waals surface area contributed by atoms with Gasteiger partial charge in [-0.1, -0.05) is 0 Å². The Bertz CT molecular complexity index is 222. The van der Waals surface area contributed by atoms with Gasteiger partial charge >= 0.3 is 12.2 Å². The molecule has 13 heavy (non-hydrogen) atoms. The van der Waals surface area contributed by atoms with E-state index in [1.807, 2.05) is 0 Å². The highest BCUT2D eigenvalue weighted by molar-refractivity contribution is 4.94. The Morgan fingerprint density at radius 3 is 1.92 bits per heavy atom. The fraction of sp³-hybridized carbons (Fsp3) is 0.667. The number of hydrogen-bond acceptors (Lipinski definition) is 2. The Kier molecular flexibility index (Phi) is 2.13. The fourth-order valence-electron chi connectivity index (χ4n) is 0.874. The molecule has 1 heterocycles. The predicted molar refractivity (Wildman–Crippen MR) is 34.6 cm³/mol. The van der Waals surface area contributed by atoms with Crippen molar-refractivity contribution in [2.24, 2.45) is 0 Å². The highest BCUT2D eigenvalue weighted by atomic mass is 19.4. The van der Waals surface area contributed by atoms with E-state index >= 15 is 0 Å². The number of nitrogens with zero attached hydrogens (tertiary/aromatic N) is 2. The van der Waals surface area contributed by atoms with E-state index in [9.17, 15) is 22.0 Å². The summed E-state index contributed by atoms with van der Waals surface area (Å²) in [5, 5.41) is 0. The number of rotatable bonds is 1. The van der Waals surface area contributed by atoms with Gasteiger partial charge in [0.15, 0.2) is 0 Å². The second-order valence-electron chi connectivity index (χ2n) is 2.71. The SMILES string of the molecule is CN1C=CN(C(F)(F)C(F)(F)F)C1. The molecular weight excluding hydrogens is 195 g/mol. The Balaban J connectivity index is 2.77. The number of halogens is 5. The molecule has 0 saturated heterocycles. The molecule has 0 unspecified atom stereocenters. The monoisotopic (exact) mass is 202 g/mol. The summed E-state index contributed by atoms with van der Waals surface area (Å²) >= 11 is 0. The van der Waals surface area contributed by atoms with Gasteiger partial charge in [0.05, 0.1) is 6.67 Å². The minimum atomic E-state index is -5.54. The van der Waals surface area contributed by atoms with Crippen molar-refractivity contribution in [3.05, 3.63) is 12.4 Å². The lowest BCUT2D eigenvalue weighted by molar-refractivity contribution is -0.332. The molecule has 0 spiro atoms. The quantitative estimate of drug-likeness (QED) is 0.472. The molecule has 0 atom stereocenters. The highest BCUT2D eigenvalue weighted by Gasteiger charge is 2.61. The van der Waals surface area contributed by atoms with E-state index < -0.39 is 18.9 Å². The average Bonchev–Trinajstić information content (AvgIpc) is 2.33. The second kappa shape index (κ2) is 2.74. The number of alkyl halides is 5. The molecule has 2 nitrogen and oxygen atoms in total. The van der Waals surface area contributed by atoms with Crippen molar-refractivity contribution in [2.45, 2.75) is 12.2 Å². The Morgan fingerprint density at radius 1 is 1.08 bits per heavy atom. The van der Waals surface area contributed by atoms with E-state index in [-0.39, 0.29) is 4.90 Å². The maximum Gasteiger partial charge on any atom is 0.475 e. The van der Waals surface area contributed by atoms with E-state index in [1.54, 1.807) is 0 Å². The Morgan fingerprint density at radius 2 is 1.62 bits per heavy atom. The van der Waals surface area contributed by atoms with Crippen molar-refractivity contribution < 1.29 is 22.0 Å². The van der Waals surface area contributed by atoms with Gasteiger partial charge in [0, 0.05) is 19.4 Å². The van der Waals surface area contributed by atoms with Crippen molar-refractivity contribution >= 4 is 0 Å². The van der Waals surface area contributed by atoms with Crippen LogP contribution in [0.4, 0.5) is 22.0 Å². The lowest BCUT2D eigenvalue weighted by atomic mass is 10.5.